The van der Waals surface area contributed by atoms with Gasteiger partial charge in [0.2, 0.25) is 5.91 Å². The molecule has 1 unspecified atom stereocenters. The van der Waals surface area contributed by atoms with Gasteiger partial charge < -0.3 is 5.32 Å². The van der Waals surface area contributed by atoms with Gasteiger partial charge in [-0.2, -0.15) is 0 Å². The lowest BCUT2D eigenvalue weighted by atomic mass is 10.2. The van der Waals surface area contributed by atoms with Crippen molar-refractivity contribution in [2.75, 3.05) is 0 Å². The first-order valence-electron chi connectivity index (χ1n) is 9.45. The number of carbonyl (C=O) groups excluding carboxylic acids is 1. The number of nitrogens with one attached hydrogen (secondary N) is 1. The Balaban J connectivity index is 1.80. The second-order valence-corrected chi connectivity index (χ2v) is 8.52. The fourth-order valence-electron chi connectivity index (χ4n) is 2.78. The van der Waals surface area contributed by atoms with Crippen molar-refractivity contribution >= 4 is 39.2 Å². The van der Waals surface area contributed by atoms with Gasteiger partial charge >= 0.3 is 0 Å². The van der Waals surface area contributed by atoms with Gasteiger partial charge in [-0.1, -0.05) is 38.1 Å². The number of amides is 1. The van der Waals surface area contributed by atoms with Crippen LogP contribution in [0.3, 0.4) is 0 Å². The monoisotopic (exact) mass is 416 g/mol. The number of carbonyl (C=O) groups is 1. The summed E-state index contributed by atoms with van der Waals surface area (Å²) >= 11 is 2.79. The Labute approximate surface area is 172 Å². The van der Waals surface area contributed by atoms with Crippen LogP contribution in [-0.4, -0.2) is 25.7 Å². The number of hydrogen-bond acceptors (Lipinski definition) is 6. The maximum Gasteiger partial charge on any atom is 0.272 e. The summed E-state index contributed by atoms with van der Waals surface area (Å²) in [6.45, 7) is 5.12. The third kappa shape index (κ3) is 4.80. The van der Waals surface area contributed by atoms with E-state index in [0.717, 1.165) is 18.4 Å². The minimum Gasteiger partial charge on any atom is -0.351 e. The van der Waals surface area contributed by atoms with E-state index in [1.807, 2.05) is 30.5 Å². The first-order valence-corrected chi connectivity index (χ1v) is 11.2. The third-order valence-electron chi connectivity index (χ3n) is 4.37. The molecule has 1 atom stereocenters. The van der Waals surface area contributed by atoms with Crippen molar-refractivity contribution in [3.05, 3.63) is 51.9 Å². The Morgan fingerprint density at radius 2 is 2.21 bits per heavy atom. The van der Waals surface area contributed by atoms with Gasteiger partial charge in [0.1, 0.15) is 4.70 Å². The topological polar surface area (TPSA) is 76.9 Å². The van der Waals surface area contributed by atoms with Crippen molar-refractivity contribution in [3.63, 3.8) is 0 Å². The van der Waals surface area contributed by atoms with Crippen LogP contribution in [0.1, 0.15) is 38.7 Å². The van der Waals surface area contributed by atoms with Crippen LogP contribution >= 0.6 is 23.1 Å². The van der Waals surface area contributed by atoms with Crippen LogP contribution in [0.5, 0.6) is 0 Å². The maximum absolute atomic E-state index is 12.9. The van der Waals surface area contributed by atoms with E-state index in [1.54, 1.807) is 17.0 Å². The van der Waals surface area contributed by atoms with Crippen molar-refractivity contribution < 1.29 is 4.79 Å². The molecule has 0 radical (unpaired) electrons. The van der Waals surface area contributed by atoms with E-state index in [4.69, 9.17) is 0 Å². The normalized spacial score (nSPS) is 12.2. The minimum absolute atomic E-state index is 0.0124. The first-order chi connectivity index (χ1) is 13.6. The van der Waals surface area contributed by atoms with Crippen LogP contribution in [-0.2, 0) is 17.9 Å². The Hall–Kier alpha value is -2.19. The summed E-state index contributed by atoms with van der Waals surface area (Å²) in [5.41, 5.74) is 1.64. The average molecular weight is 417 g/mol. The van der Waals surface area contributed by atoms with Crippen molar-refractivity contribution in [2.24, 2.45) is 0 Å². The molecule has 0 aliphatic rings. The molecular weight excluding hydrogens is 392 g/mol. The van der Waals surface area contributed by atoms with Gasteiger partial charge in [0.15, 0.2) is 5.16 Å². The fraction of sp³-hybridized carbons (Fsp3) is 0.400. The molecule has 0 aliphatic carbocycles. The summed E-state index contributed by atoms with van der Waals surface area (Å²) in [7, 11) is 0. The molecule has 6 nitrogen and oxygen atoms in total. The third-order valence-corrected chi connectivity index (χ3v) is 6.61. The number of thioether (sulfide) groups is 1. The summed E-state index contributed by atoms with van der Waals surface area (Å²) in [5, 5.41) is 5.16. The molecule has 3 heterocycles. The van der Waals surface area contributed by atoms with Crippen LogP contribution in [0.2, 0.25) is 0 Å². The molecule has 0 saturated carbocycles. The van der Waals surface area contributed by atoms with E-state index in [9.17, 15) is 9.59 Å². The zero-order chi connectivity index (χ0) is 19.9. The smallest absolute Gasteiger partial charge is 0.272 e. The number of aromatic nitrogens is 3. The van der Waals surface area contributed by atoms with Crippen molar-refractivity contribution in [1.29, 1.82) is 0 Å². The summed E-state index contributed by atoms with van der Waals surface area (Å²) in [4.78, 5) is 34.3. The molecule has 28 heavy (non-hydrogen) atoms. The van der Waals surface area contributed by atoms with Crippen molar-refractivity contribution in [1.82, 2.24) is 19.9 Å². The highest BCUT2D eigenvalue weighted by Crippen LogP contribution is 2.26. The summed E-state index contributed by atoms with van der Waals surface area (Å²) < 4.78 is 2.40. The number of fused-ring (bicyclic) bond motifs is 1. The quantitative estimate of drug-likeness (QED) is 0.424. The highest BCUT2D eigenvalue weighted by molar-refractivity contribution is 8.00. The molecule has 1 amide bonds. The minimum atomic E-state index is -0.312. The van der Waals surface area contributed by atoms with Crippen LogP contribution in [0.15, 0.2) is 45.9 Å². The summed E-state index contributed by atoms with van der Waals surface area (Å²) in [6.07, 6.45) is 5.98. The van der Waals surface area contributed by atoms with Gasteiger partial charge in [-0.3, -0.25) is 19.1 Å². The lowest BCUT2D eigenvalue weighted by Crippen LogP contribution is -2.33. The van der Waals surface area contributed by atoms with Crippen molar-refractivity contribution in [3.8, 4) is 0 Å². The average Bonchev–Trinajstić information content (AvgIpc) is 3.19. The predicted octanol–water partition coefficient (Wildman–Crippen LogP) is 3.84. The van der Waals surface area contributed by atoms with Gasteiger partial charge in [0, 0.05) is 25.5 Å². The van der Waals surface area contributed by atoms with Gasteiger partial charge in [0.25, 0.3) is 5.56 Å². The SMILES string of the molecule is CCCCn1c(SC(CC)C(=O)NCc2cccnc2)nc2ccsc2c1=O. The second-order valence-electron chi connectivity index (χ2n) is 6.43. The number of nitrogens with zero attached hydrogens (tertiary/aromatic N) is 3. The molecular formula is C20H24N4O2S2. The Morgan fingerprint density at radius 3 is 2.93 bits per heavy atom. The molecule has 148 valence electrons. The Bertz CT molecular complexity index is 985. The Morgan fingerprint density at radius 1 is 1.36 bits per heavy atom. The number of hydrogen-bond donors (Lipinski definition) is 1. The fourth-order valence-corrected chi connectivity index (χ4v) is 4.62. The molecule has 0 saturated heterocycles. The number of rotatable bonds is 9. The van der Waals surface area contributed by atoms with Crippen LogP contribution < -0.4 is 10.9 Å². The molecule has 1 N–H and O–H groups in total. The second kappa shape index (κ2) is 9.84. The zero-order valence-corrected chi connectivity index (χ0v) is 17.7. The van der Waals surface area contributed by atoms with E-state index in [0.29, 0.717) is 34.9 Å². The summed E-state index contributed by atoms with van der Waals surface area (Å²) in [6, 6.07) is 5.63. The molecule has 0 spiro atoms. The van der Waals surface area contributed by atoms with E-state index in [-0.39, 0.29) is 16.7 Å². The van der Waals surface area contributed by atoms with E-state index in [2.05, 4.69) is 22.2 Å². The molecule has 0 aromatic carbocycles. The highest BCUT2D eigenvalue weighted by Gasteiger charge is 2.22. The number of thiophene rings is 1. The molecule has 8 heteroatoms. The van der Waals surface area contributed by atoms with Gasteiger partial charge in [-0.05, 0) is 35.9 Å². The highest BCUT2D eigenvalue weighted by atomic mass is 32.2. The van der Waals surface area contributed by atoms with E-state index < -0.39 is 0 Å². The molecule has 0 aliphatic heterocycles. The van der Waals surface area contributed by atoms with Gasteiger partial charge in [-0.25, -0.2) is 4.98 Å². The Kier molecular flexibility index (Phi) is 7.22. The lowest BCUT2D eigenvalue weighted by molar-refractivity contribution is -0.120. The number of pyridine rings is 1. The largest absolute Gasteiger partial charge is 0.351 e. The summed E-state index contributed by atoms with van der Waals surface area (Å²) in [5.74, 6) is -0.0574. The molecule has 0 bridgehead atoms. The molecule has 3 aromatic heterocycles. The van der Waals surface area contributed by atoms with Gasteiger partial charge in [-0.15, -0.1) is 11.3 Å². The van der Waals surface area contributed by atoms with Crippen molar-refractivity contribution in [2.45, 2.75) is 56.6 Å². The van der Waals surface area contributed by atoms with E-state index in [1.165, 1.54) is 23.1 Å². The predicted molar refractivity (Wildman–Crippen MR) is 115 cm³/mol. The molecule has 0 fully saturated rings. The number of unbranched alkanes of at least 4 members (excludes halogenated alkanes) is 1. The van der Waals surface area contributed by atoms with E-state index >= 15 is 0 Å². The zero-order valence-electron chi connectivity index (χ0n) is 16.1. The van der Waals surface area contributed by atoms with Crippen LogP contribution in [0, 0.1) is 0 Å². The van der Waals surface area contributed by atoms with Crippen LogP contribution in [0.4, 0.5) is 0 Å². The van der Waals surface area contributed by atoms with Gasteiger partial charge in [0.05, 0.1) is 10.8 Å². The van der Waals surface area contributed by atoms with Crippen LogP contribution in [0.25, 0.3) is 10.2 Å². The molecule has 3 rings (SSSR count). The lowest BCUT2D eigenvalue weighted by Gasteiger charge is -2.17. The first kappa shape index (κ1) is 20.5. The molecule has 3 aromatic rings. The maximum atomic E-state index is 12.9. The standard InChI is InChI=1S/C20H24N4O2S2/c1-3-5-10-24-19(26)17-15(8-11-27-17)23-20(24)28-16(4-2)18(25)22-13-14-7-6-9-21-12-14/h6-9,11-12,16H,3-5,10,13H2,1-2H3,(H,22,25).